The van der Waals surface area contributed by atoms with Crippen LogP contribution in [0.2, 0.25) is 0 Å². The van der Waals surface area contributed by atoms with Crippen molar-refractivity contribution in [2.24, 2.45) is 0 Å². The van der Waals surface area contributed by atoms with Gasteiger partial charge in [-0.25, -0.2) is 0 Å². The summed E-state index contributed by atoms with van der Waals surface area (Å²) in [5.74, 6) is 0. The first-order chi connectivity index (χ1) is 4.70. The van der Waals surface area contributed by atoms with Crippen LogP contribution in [0, 0.1) is 6.92 Å². The molecule has 0 bridgehead atoms. The van der Waals surface area contributed by atoms with Crippen LogP contribution in [0.3, 0.4) is 0 Å². The lowest BCUT2D eigenvalue weighted by Crippen LogP contribution is -1.95. The van der Waals surface area contributed by atoms with Crippen molar-refractivity contribution in [2.75, 3.05) is 0 Å². The Kier molecular flexibility index (Phi) is 1.97. The molecule has 1 aromatic heterocycles. The fourth-order valence-electron chi connectivity index (χ4n) is 0.679. The summed E-state index contributed by atoms with van der Waals surface area (Å²) in [7, 11) is 0. The van der Waals surface area contributed by atoms with Gasteiger partial charge in [0.15, 0.2) is 5.05 Å². The summed E-state index contributed by atoms with van der Waals surface area (Å²) in [6.45, 7) is 1.85. The summed E-state index contributed by atoms with van der Waals surface area (Å²) < 4.78 is 0. The smallest absolute Gasteiger partial charge is 0.188 e. The van der Waals surface area contributed by atoms with Crippen LogP contribution < -0.4 is 0 Å². The quantitative estimate of drug-likeness (QED) is 0.622. The first kappa shape index (κ1) is 7.15. The standard InChI is InChI=1S/C7H7NOS/c1-5-4-6(7(9)10)2-3-8-5/h2-4H,1H3,(H,9,10). The van der Waals surface area contributed by atoms with Crippen LogP contribution in [0.4, 0.5) is 0 Å². The number of nitrogens with zero attached hydrogens (tertiary/aromatic N) is 1. The maximum absolute atomic E-state index is 8.85. The summed E-state index contributed by atoms with van der Waals surface area (Å²) in [6, 6.07) is 3.41. The first-order valence-electron chi connectivity index (χ1n) is 2.86. The predicted molar refractivity (Wildman–Crippen MR) is 43.3 cm³/mol. The third-order valence-corrected chi connectivity index (χ3v) is 1.38. The van der Waals surface area contributed by atoms with Crippen molar-refractivity contribution < 1.29 is 5.11 Å². The largest absolute Gasteiger partial charge is 0.499 e. The molecule has 0 saturated carbocycles. The van der Waals surface area contributed by atoms with Gasteiger partial charge in [-0.2, -0.15) is 0 Å². The van der Waals surface area contributed by atoms with Gasteiger partial charge in [-0.3, -0.25) is 4.98 Å². The van der Waals surface area contributed by atoms with E-state index in [-0.39, 0.29) is 5.05 Å². The van der Waals surface area contributed by atoms with Crippen molar-refractivity contribution in [1.82, 2.24) is 4.98 Å². The number of hydrogen-bond acceptors (Lipinski definition) is 2. The van der Waals surface area contributed by atoms with Crippen molar-refractivity contribution in [3.8, 4) is 0 Å². The van der Waals surface area contributed by atoms with Crippen LogP contribution in [-0.4, -0.2) is 15.1 Å². The number of aryl methyl sites for hydroxylation is 1. The number of aromatic nitrogens is 1. The summed E-state index contributed by atoms with van der Waals surface area (Å²) >= 11 is 4.55. The van der Waals surface area contributed by atoms with E-state index >= 15 is 0 Å². The van der Waals surface area contributed by atoms with Gasteiger partial charge in [0.1, 0.15) is 0 Å². The van der Waals surface area contributed by atoms with Crippen molar-refractivity contribution in [3.63, 3.8) is 0 Å². The van der Waals surface area contributed by atoms with Gasteiger partial charge in [0, 0.05) is 17.5 Å². The lowest BCUT2D eigenvalue weighted by molar-refractivity contribution is 0.571. The highest BCUT2D eigenvalue weighted by atomic mass is 32.1. The summed E-state index contributed by atoms with van der Waals surface area (Å²) in [5, 5.41) is 8.77. The van der Waals surface area contributed by atoms with E-state index in [1.807, 2.05) is 6.92 Å². The first-order valence-corrected chi connectivity index (χ1v) is 3.27. The van der Waals surface area contributed by atoms with Crippen LogP contribution in [0.1, 0.15) is 11.3 Å². The molecule has 0 spiro atoms. The second-order valence-corrected chi connectivity index (χ2v) is 2.38. The lowest BCUT2D eigenvalue weighted by atomic mass is 10.2. The molecule has 0 amide bonds. The van der Waals surface area contributed by atoms with Gasteiger partial charge in [-0.1, -0.05) is 0 Å². The molecular weight excluding hydrogens is 146 g/mol. The Labute approximate surface area is 64.5 Å². The minimum atomic E-state index is -0.0782. The average molecular weight is 153 g/mol. The van der Waals surface area contributed by atoms with Crippen LogP contribution >= 0.6 is 12.2 Å². The zero-order chi connectivity index (χ0) is 7.56. The molecule has 0 aromatic carbocycles. The second kappa shape index (κ2) is 2.75. The molecule has 1 heterocycles. The van der Waals surface area contributed by atoms with E-state index in [9.17, 15) is 0 Å². The van der Waals surface area contributed by atoms with Crippen molar-refractivity contribution in [1.29, 1.82) is 0 Å². The maximum Gasteiger partial charge on any atom is 0.188 e. The topological polar surface area (TPSA) is 33.1 Å². The molecule has 1 aromatic rings. The van der Waals surface area contributed by atoms with Crippen LogP contribution in [-0.2, 0) is 0 Å². The van der Waals surface area contributed by atoms with E-state index in [2.05, 4.69) is 17.2 Å². The van der Waals surface area contributed by atoms with E-state index in [1.165, 1.54) is 0 Å². The molecule has 2 nitrogen and oxygen atoms in total. The molecule has 10 heavy (non-hydrogen) atoms. The van der Waals surface area contributed by atoms with Crippen LogP contribution in [0.5, 0.6) is 0 Å². The monoisotopic (exact) mass is 153 g/mol. The van der Waals surface area contributed by atoms with E-state index in [0.29, 0.717) is 5.56 Å². The summed E-state index contributed by atoms with van der Waals surface area (Å²) in [6.07, 6.45) is 1.62. The Hall–Kier alpha value is -0.960. The molecule has 0 radical (unpaired) electrons. The number of pyridine rings is 1. The summed E-state index contributed by atoms with van der Waals surface area (Å²) in [5.41, 5.74) is 1.51. The lowest BCUT2D eigenvalue weighted by Gasteiger charge is -1.95. The summed E-state index contributed by atoms with van der Waals surface area (Å²) in [4.78, 5) is 3.95. The van der Waals surface area contributed by atoms with Gasteiger partial charge in [0.05, 0.1) is 0 Å². The minimum Gasteiger partial charge on any atom is -0.499 e. The Morgan fingerprint density at radius 3 is 2.80 bits per heavy atom. The molecule has 3 heteroatoms. The fourth-order valence-corrected chi connectivity index (χ4v) is 0.806. The number of hydrogen-bond donors (Lipinski definition) is 1. The molecule has 0 saturated heterocycles. The zero-order valence-corrected chi connectivity index (χ0v) is 6.35. The van der Waals surface area contributed by atoms with E-state index in [1.54, 1.807) is 18.3 Å². The molecule has 0 unspecified atom stereocenters. The molecule has 0 aliphatic heterocycles. The maximum atomic E-state index is 8.85. The normalized spacial score (nSPS) is 9.30. The molecule has 1 N–H and O–H groups in total. The van der Waals surface area contributed by atoms with Crippen molar-refractivity contribution in [3.05, 3.63) is 29.6 Å². The van der Waals surface area contributed by atoms with Crippen molar-refractivity contribution in [2.45, 2.75) is 6.92 Å². The van der Waals surface area contributed by atoms with Crippen molar-refractivity contribution >= 4 is 17.3 Å². The van der Waals surface area contributed by atoms with Gasteiger partial charge >= 0.3 is 0 Å². The highest BCUT2D eigenvalue weighted by Gasteiger charge is 1.95. The average Bonchev–Trinajstić information content (AvgIpc) is 1.88. The number of rotatable bonds is 1. The van der Waals surface area contributed by atoms with Gasteiger partial charge < -0.3 is 5.11 Å². The molecule has 1 rings (SSSR count). The number of aliphatic hydroxyl groups is 1. The number of aliphatic hydroxyl groups excluding tert-OH is 1. The Morgan fingerprint density at radius 2 is 2.40 bits per heavy atom. The minimum absolute atomic E-state index is 0.0782. The molecule has 0 aliphatic carbocycles. The SMILES string of the molecule is Cc1cc(C(O)=S)ccn1. The number of thiocarbonyl (C=S) groups is 1. The predicted octanol–water partition coefficient (Wildman–Crippen LogP) is 1.62. The molecule has 0 aliphatic rings. The Balaban J connectivity index is 3.07. The molecule has 0 fully saturated rings. The van der Waals surface area contributed by atoms with E-state index < -0.39 is 0 Å². The van der Waals surface area contributed by atoms with E-state index in [4.69, 9.17) is 5.11 Å². The third-order valence-electron chi connectivity index (χ3n) is 1.14. The zero-order valence-electron chi connectivity index (χ0n) is 5.53. The van der Waals surface area contributed by atoms with Gasteiger partial charge in [-0.15, -0.1) is 0 Å². The van der Waals surface area contributed by atoms with Gasteiger partial charge in [0.2, 0.25) is 0 Å². The Morgan fingerprint density at radius 1 is 1.70 bits per heavy atom. The fraction of sp³-hybridized carbons (Fsp3) is 0.143. The molecular formula is C7H7NOS. The third kappa shape index (κ3) is 1.51. The molecule has 0 atom stereocenters. The highest BCUT2D eigenvalue weighted by Crippen LogP contribution is 2.00. The van der Waals surface area contributed by atoms with Crippen LogP contribution in [0.15, 0.2) is 18.3 Å². The van der Waals surface area contributed by atoms with Gasteiger partial charge in [0.25, 0.3) is 0 Å². The second-order valence-electron chi connectivity index (χ2n) is 1.99. The van der Waals surface area contributed by atoms with Crippen LogP contribution in [0.25, 0.3) is 0 Å². The Bertz CT molecular complexity index is 260. The van der Waals surface area contributed by atoms with E-state index in [0.717, 1.165) is 5.69 Å². The van der Waals surface area contributed by atoms with Gasteiger partial charge in [-0.05, 0) is 31.3 Å². The molecule has 52 valence electrons. The highest BCUT2D eigenvalue weighted by molar-refractivity contribution is 7.80.